The normalized spacial score (nSPS) is 18.7. The summed E-state index contributed by atoms with van der Waals surface area (Å²) in [5, 5.41) is 0. The standard InChI is InChI=1S/C26H30N2O2/c29-25(27(21-7-3-1-4-8-21)22-9-5-2-6-10-22)19-11-13-20(14-12-19)26(30)28-23-15-16-24(28)18-17-23/h11-18,21-22H,1-10H2. The first-order valence-corrected chi connectivity index (χ1v) is 11.6. The minimum atomic E-state index is -0.0367. The van der Waals surface area contributed by atoms with Crippen molar-refractivity contribution in [3.05, 3.63) is 59.7 Å². The molecule has 3 aromatic rings. The lowest BCUT2D eigenvalue weighted by atomic mass is 9.88. The van der Waals surface area contributed by atoms with Crippen LogP contribution in [0.2, 0.25) is 0 Å². The topological polar surface area (TPSA) is 42.3 Å². The molecule has 2 saturated carbocycles. The average Bonchev–Trinajstić information content (AvgIpc) is 3.41. The van der Waals surface area contributed by atoms with E-state index in [0.717, 1.165) is 36.7 Å². The summed E-state index contributed by atoms with van der Waals surface area (Å²) in [7, 11) is 0. The molecule has 2 aromatic heterocycles. The minimum Gasteiger partial charge on any atom is -0.333 e. The molecule has 0 unspecified atom stereocenters. The number of nitrogens with zero attached hydrogens (tertiary/aromatic N) is 2. The lowest BCUT2D eigenvalue weighted by Gasteiger charge is -2.42. The van der Waals surface area contributed by atoms with Gasteiger partial charge in [0.25, 0.3) is 11.8 Å². The molecule has 1 aromatic carbocycles. The van der Waals surface area contributed by atoms with Crippen molar-refractivity contribution < 1.29 is 9.59 Å². The van der Waals surface area contributed by atoms with E-state index in [2.05, 4.69) is 4.90 Å². The van der Waals surface area contributed by atoms with Crippen LogP contribution in [0.5, 0.6) is 0 Å². The van der Waals surface area contributed by atoms with Crippen molar-refractivity contribution in [1.29, 1.82) is 0 Å². The Kier molecular flexibility index (Phi) is 5.32. The highest BCUT2D eigenvalue weighted by Crippen LogP contribution is 2.31. The maximum absolute atomic E-state index is 13.6. The number of benzene rings is 2. The summed E-state index contributed by atoms with van der Waals surface area (Å²) in [6.07, 6.45) is 12.0. The van der Waals surface area contributed by atoms with Crippen LogP contribution in [0.1, 0.15) is 84.9 Å². The lowest BCUT2D eigenvalue weighted by molar-refractivity contribution is 0.0448. The van der Waals surface area contributed by atoms with E-state index < -0.39 is 0 Å². The highest BCUT2D eigenvalue weighted by Gasteiger charge is 2.33. The smallest absolute Gasteiger partial charge is 0.262 e. The number of carbonyl (C=O) groups excluding carboxylic acids is 2. The summed E-state index contributed by atoms with van der Waals surface area (Å²) < 4.78 is 1.73. The maximum atomic E-state index is 13.6. The largest absolute Gasteiger partial charge is 0.333 e. The third-order valence-corrected chi connectivity index (χ3v) is 7.12. The quantitative estimate of drug-likeness (QED) is 0.547. The number of aromatic nitrogens is 1. The van der Waals surface area contributed by atoms with E-state index >= 15 is 0 Å². The molecular weight excluding hydrogens is 372 g/mol. The first-order chi connectivity index (χ1) is 14.7. The number of hydrogen-bond acceptors (Lipinski definition) is 2. The molecule has 2 aliphatic rings. The molecule has 5 rings (SSSR count). The second-order valence-electron chi connectivity index (χ2n) is 9.03. The molecule has 1 amide bonds. The zero-order valence-corrected chi connectivity index (χ0v) is 17.6. The Morgan fingerprint density at radius 1 is 0.633 bits per heavy atom. The van der Waals surface area contributed by atoms with Crippen LogP contribution in [0, 0.1) is 0 Å². The third-order valence-electron chi connectivity index (χ3n) is 7.12. The van der Waals surface area contributed by atoms with Gasteiger partial charge in [-0.25, -0.2) is 0 Å². The molecule has 4 heteroatoms. The number of fused-ring (bicyclic) bond motifs is 2. The molecule has 0 aliphatic heterocycles. The Hall–Kier alpha value is -2.62. The molecule has 0 spiro atoms. The summed E-state index contributed by atoms with van der Waals surface area (Å²) in [5.41, 5.74) is 3.16. The van der Waals surface area contributed by atoms with Crippen molar-refractivity contribution in [1.82, 2.24) is 9.47 Å². The minimum absolute atomic E-state index is 0.0367. The van der Waals surface area contributed by atoms with Crippen LogP contribution in [0.15, 0.2) is 48.5 Å². The molecule has 156 valence electrons. The zero-order chi connectivity index (χ0) is 20.5. The predicted octanol–water partition coefficient (Wildman–Crippen LogP) is 5.88. The fourth-order valence-corrected chi connectivity index (χ4v) is 5.52. The maximum Gasteiger partial charge on any atom is 0.262 e. The predicted molar refractivity (Wildman–Crippen MR) is 119 cm³/mol. The Morgan fingerprint density at radius 2 is 1.07 bits per heavy atom. The van der Waals surface area contributed by atoms with Gasteiger partial charge in [-0.1, -0.05) is 38.5 Å². The summed E-state index contributed by atoms with van der Waals surface area (Å²) in [4.78, 5) is 28.8. The second kappa shape index (κ2) is 8.25. The molecule has 0 saturated heterocycles. The first-order valence-electron chi connectivity index (χ1n) is 11.6. The van der Waals surface area contributed by atoms with Gasteiger partial charge in [0.05, 0.1) is 0 Å². The molecule has 0 N–H and O–H groups in total. The van der Waals surface area contributed by atoms with Crippen LogP contribution < -0.4 is 0 Å². The van der Waals surface area contributed by atoms with Crippen LogP contribution in [0.4, 0.5) is 0 Å². The van der Waals surface area contributed by atoms with Crippen LogP contribution >= 0.6 is 0 Å². The van der Waals surface area contributed by atoms with Crippen LogP contribution in [-0.4, -0.2) is 33.4 Å². The molecule has 4 nitrogen and oxygen atoms in total. The van der Waals surface area contributed by atoms with E-state index in [1.54, 1.807) is 4.57 Å². The van der Waals surface area contributed by atoms with E-state index in [1.165, 1.54) is 38.5 Å². The van der Waals surface area contributed by atoms with E-state index in [-0.39, 0.29) is 11.8 Å². The van der Waals surface area contributed by atoms with Gasteiger partial charge in [0.15, 0.2) is 0 Å². The monoisotopic (exact) mass is 402 g/mol. The van der Waals surface area contributed by atoms with Gasteiger partial charge in [0, 0.05) is 34.2 Å². The van der Waals surface area contributed by atoms with Crippen LogP contribution in [-0.2, 0) is 0 Å². The van der Waals surface area contributed by atoms with Gasteiger partial charge in [-0.3, -0.25) is 14.2 Å². The first kappa shape index (κ1) is 19.3. The van der Waals surface area contributed by atoms with Crippen molar-refractivity contribution in [2.75, 3.05) is 0 Å². The fourth-order valence-electron chi connectivity index (χ4n) is 5.52. The van der Waals surface area contributed by atoms with Crippen molar-refractivity contribution in [3.63, 3.8) is 0 Å². The number of carbonyl (C=O) groups is 2. The van der Waals surface area contributed by atoms with Gasteiger partial charge in [0.1, 0.15) is 0 Å². The SMILES string of the molecule is O=C(c1ccc(C(=O)n2c3ccc2cc3)cc1)N(C1CCCCC1)C1CCCCC1. The second-order valence-corrected chi connectivity index (χ2v) is 9.03. The van der Waals surface area contributed by atoms with E-state index in [4.69, 9.17) is 0 Å². The average molecular weight is 403 g/mol. The molecule has 2 heterocycles. The Bertz CT molecular complexity index is 941. The molecule has 0 atom stereocenters. The van der Waals surface area contributed by atoms with Gasteiger partial charge in [-0.15, -0.1) is 0 Å². The Balaban J connectivity index is 1.38. The van der Waals surface area contributed by atoms with E-state index in [9.17, 15) is 9.59 Å². The number of hydrogen-bond donors (Lipinski definition) is 0. The van der Waals surface area contributed by atoms with Crippen molar-refractivity contribution in [3.8, 4) is 0 Å². The highest BCUT2D eigenvalue weighted by atomic mass is 16.2. The lowest BCUT2D eigenvalue weighted by Crippen LogP contribution is -2.48. The van der Waals surface area contributed by atoms with E-state index in [1.807, 2.05) is 48.5 Å². The fraction of sp³-hybridized carbons (Fsp3) is 0.462. The summed E-state index contributed by atoms with van der Waals surface area (Å²) in [5.74, 6) is 0.117. The molecule has 2 bridgehead atoms. The molecule has 2 fully saturated rings. The zero-order valence-electron chi connectivity index (χ0n) is 17.6. The van der Waals surface area contributed by atoms with Crippen molar-refractivity contribution in [2.45, 2.75) is 76.3 Å². The third kappa shape index (κ3) is 3.53. The number of rotatable bonds is 4. The highest BCUT2D eigenvalue weighted by molar-refractivity contribution is 6.04. The summed E-state index contributed by atoms with van der Waals surface area (Å²) in [6.45, 7) is 0. The van der Waals surface area contributed by atoms with Gasteiger partial charge >= 0.3 is 0 Å². The number of amides is 1. The summed E-state index contributed by atoms with van der Waals surface area (Å²) >= 11 is 0. The van der Waals surface area contributed by atoms with Crippen LogP contribution in [0.25, 0.3) is 11.0 Å². The van der Waals surface area contributed by atoms with Crippen molar-refractivity contribution >= 4 is 22.8 Å². The Morgan fingerprint density at radius 3 is 1.53 bits per heavy atom. The van der Waals surface area contributed by atoms with Gasteiger partial charge < -0.3 is 4.90 Å². The molecule has 2 aliphatic carbocycles. The molecular formula is C26H30N2O2. The molecule has 0 radical (unpaired) electrons. The van der Waals surface area contributed by atoms with Gasteiger partial charge in [-0.2, -0.15) is 0 Å². The van der Waals surface area contributed by atoms with Gasteiger partial charge in [0.2, 0.25) is 0 Å². The van der Waals surface area contributed by atoms with Gasteiger partial charge in [-0.05, 0) is 74.2 Å². The van der Waals surface area contributed by atoms with Crippen molar-refractivity contribution in [2.24, 2.45) is 0 Å². The molecule has 30 heavy (non-hydrogen) atoms. The summed E-state index contributed by atoms with van der Waals surface area (Å²) in [6, 6.07) is 15.9. The Labute approximate surface area is 178 Å². The van der Waals surface area contributed by atoms with E-state index in [0.29, 0.717) is 23.2 Å². The van der Waals surface area contributed by atoms with Crippen LogP contribution in [0.3, 0.4) is 0 Å².